The SMILES string of the molecule is C=C/C=C(\C=C)C(O)C(C)NC(=O)C(C)C(OC)C1CCCN1C.CCC.CCC(C)C(C(CC=O)OC)N(C)C(=O)CNC(=O)C(NC)C(C)C. The molecule has 9 atom stereocenters. The van der Waals surface area contributed by atoms with Crippen molar-refractivity contribution in [2.24, 2.45) is 17.8 Å². The van der Waals surface area contributed by atoms with Crippen molar-refractivity contribution in [3.8, 4) is 0 Å². The number of carbonyl (C=O) groups is 4. The first-order chi connectivity index (χ1) is 24.5. The number of aliphatic hydroxyl groups is 1. The topological polar surface area (TPSA) is 150 Å². The van der Waals surface area contributed by atoms with E-state index in [1.165, 1.54) is 6.42 Å². The number of ether oxygens (including phenoxy) is 2. The fraction of sp³-hybridized carbons (Fsp3) is 0.750. The molecule has 12 nitrogen and oxygen atoms in total. The number of aliphatic hydroxyl groups excluding tert-OH is 1. The molecule has 1 rings (SSSR count). The Labute approximate surface area is 316 Å². The van der Waals surface area contributed by atoms with Crippen LogP contribution in [0.1, 0.15) is 87.5 Å². The van der Waals surface area contributed by atoms with Gasteiger partial charge in [-0.15, -0.1) is 0 Å². The van der Waals surface area contributed by atoms with E-state index in [2.05, 4.69) is 54.9 Å². The second-order valence-corrected chi connectivity index (χ2v) is 14.0. The number of amides is 3. The Morgan fingerprint density at radius 1 is 1.04 bits per heavy atom. The number of likely N-dealkylation sites (tertiary alicyclic amines) is 1. The van der Waals surface area contributed by atoms with Crippen LogP contribution in [0.5, 0.6) is 0 Å². The van der Waals surface area contributed by atoms with E-state index in [9.17, 15) is 24.3 Å². The maximum absolute atomic E-state index is 12.6. The number of nitrogens with one attached hydrogen (secondary N) is 3. The number of rotatable bonds is 21. The fourth-order valence-electron chi connectivity index (χ4n) is 6.38. The summed E-state index contributed by atoms with van der Waals surface area (Å²) < 4.78 is 11.1. The van der Waals surface area contributed by atoms with E-state index in [0.29, 0.717) is 5.57 Å². The largest absolute Gasteiger partial charge is 0.386 e. The van der Waals surface area contributed by atoms with Crippen LogP contribution in [0.15, 0.2) is 37.0 Å². The van der Waals surface area contributed by atoms with Crippen LogP contribution >= 0.6 is 0 Å². The lowest BCUT2D eigenvalue weighted by atomic mass is 9.91. The van der Waals surface area contributed by atoms with Gasteiger partial charge < -0.3 is 45.1 Å². The molecule has 1 heterocycles. The van der Waals surface area contributed by atoms with Crippen LogP contribution in [0.2, 0.25) is 0 Å². The molecule has 4 N–H and O–H groups in total. The highest BCUT2D eigenvalue weighted by Gasteiger charge is 2.37. The van der Waals surface area contributed by atoms with Crippen LogP contribution in [0, 0.1) is 17.8 Å². The summed E-state index contributed by atoms with van der Waals surface area (Å²) in [7, 11) is 8.68. The van der Waals surface area contributed by atoms with E-state index in [4.69, 9.17) is 9.47 Å². The molecule has 0 radical (unpaired) electrons. The molecule has 52 heavy (non-hydrogen) atoms. The number of hydrogen-bond donors (Lipinski definition) is 4. The first-order valence-corrected chi connectivity index (χ1v) is 18.9. The zero-order valence-electron chi connectivity index (χ0n) is 34.7. The van der Waals surface area contributed by atoms with Crippen LogP contribution in [-0.4, -0.2) is 130 Å². The summed E-state index contributed by atoms with van der Waals surface area (Å²) in [6.45, 7) is 24.1. The standard InChI is InChI=1S/C19H32N2O3.C18H35N3O4.C3H8/c1-7-10-15(8-2)17(22)14(4)20-19(23)13(3)18(24-6)16-11-9-12-21(16)5;1-8-13(4)17(14(25-7)9-10-22)21(6)15(23)11-20-18(24)16(19-5)12(2)3;1-3-2/h7-8,10,13-14,16-18,22H,1-2,9,11-12H2,3-6H3,(H,20,23);10,12-14,16-17,19H,8-9,11H2,1-7H3,(H,20,24);3H2,1-2H3/b15-10+;;. The van der Waals surface area contributed by atoms with Gasteiger partial charge in [-0.25, -0.2) is 0 Å². The van der Waals surface area contributed by atoms with Crippen LogP contribution in [0.25, 0.3) is 0 Å². The molecule has 0 bridgehead atoms. The van der Waals surface area contributed by atoms with Crippen molar-refractivity contribution in [3.63, 3.8) is 0 Å². The van der Waals surface area contributed by atoms with Gasteiger partial charge in [-0.1, -0.05) is 92.7 Å². The number of nitrogens with zero attached hydrogens (tertiary/aromatic N) is 2. The average molecular weight is 738 g/mol. The number of allylic oxidation sites excluding steroid dienone is 2. The summed E-state index contributed by atoms with van der Waals surface area (Å²) in [5.74, 6) is -0.534. The summed E-state index contributed by atoms with van der Waals surface area (Å²) in [6.07, 6.45) is 8.80. The minimum absolute atomic E-state index is 0.0787. The molecular formula is C40H75N5O7. The lowest BCUT2D eigenvalue weighted by molar-refractivity contribution is -0.138. The Bertz CT molecular complexity index is 1080. The zero-order valence-corrected chi connectivity index (χ0v) is 34.7. The maximum atomic E-state index is 12.6. The smallest absolute Gasteiger partial charge is 0.242 e. The molecule has 302 valence electrons. The Hall–Kier alpha value is -2.90. The van der Waals surface area contributed by atoms with Gasteiger partial charge >= 0.3 is 0 Å². The predicted octanol–water partition coefficient (Wildman–Crippen LogP) is 4.14. The van der Waals surface area contributed by atoms with Gasteiger partial charge in [0.05, 0.1) is 48.9 Å². The first kappa shape index (κ1) is 51.2. The Balaban J connectivity index is 0. The summed E-state index contributed by atoms with van der Waals surface area (Å²) in [5, 5.41) is 18.9. The highest BCUT2D eigenvalue weighted by atomic mass is 16.5. The van der Waals surface area contributed by atoms with Crippen LogP contribution in [-0.2, 0) is 28.7 Å². The molecule has 0 aromatic carbocycles. The highest BCUT2D eigenvalue weighted by molar-refractivity contribution is 5.87. The number of aldehydes is 1. The molecule has 9 unspecified atom stereocenters. The van der Waals surface area contributed by atoms with E-state index in [1.54, 1.807) is 58.4 Å². The zero-order chi connectivity index (χ0) is 40.6. The molecule has 3 amide bonds. The Morgan fingerprint density at radius 2 is 1.63 bits per heavy atom. The molecule has 0 aromatic rings. The van der Waals surface area contributed by atoms with Gasteiger partial charge in [0.15, 0.2) is 0 Å². The molecule has 0 saturated carbocycles. The van der Waals surface area contributed by atoms with E-state index in [0.717, 1.165) is 32.1 Å². The summed E-state index contributed by atoms with van der Waals surface area (Å²) >= 11 is 0. The van der Waals surface area contributed by atoms with Gasteiger partial charge in [0.1, 0.15) is 6.29 Å². The van der Waals surface area contributed by atoms with Crippen molar-refractivity contribution in [1.29, 1.82) is 0 Å². The second-order valence-electron chi connectivity index (χ2n) is 14.0. The third-order valence-electron chi connectivity index (χ3n) is 9.62. The van der Waals surface area contributed by atoms with Crippen molar-refractivity contribution in [1.82, 2.24) is 25.8 Å². The minimum atomic E-state index is -0.827. The summed E-state index contributed by atoms with van der Waals surface area (Å²) in [4.78, 5) is 52.1. The quantitative estimate of drug-likeness (QED) is 0.101. The van der Waals surface area contributed by atoms with E-state index < -0.39 is 12.1 Å². The van der Waals surface area contributed by atoms with Gasteiger partial charge in [0.25, 0.3) is 0 Å². The molecule has 1 aliphatic heterocycles. The predicted molar refractivity (Wildman–Crippen MR) is 212 cm³/mol. The molecule has 0 aliphatic carbocycles. The number of likely N-dealkylation sites (N-methyl/N-ethyl adjacent to an activating group) is 3. The van der Waals surface area contributed by atoms with Gasteiger partial charge in [0.2, 0.25) is 17.7 Å². The molecule has 0 spiro atoms. The van der Waals surface area contributed by atoms with Gasteiger partial charge in [-0.2, -0.15) is 0 Å². The minimum Gasteiger partial charge on any atom is -0.386 e. The van der Waals surface area contributed by atoms with Gasteiger partial charge in [-0.3, -0.25) is 14.4 Å². The number of hydrogen-bond acceptors (Lipinski definition) is 9. The van der Waals surface area contributed by atoms with Crippen molar-refractivity contribution < 1.29 is 33.8 Å². The third-order valence-corrected chi connectivity index (χ3v) is 9.62. The van der Waals surface area contributed by atoms with Crippen molar-refractivity contribution in [2.75, 3.05) is 48.5 Å². The lowest BCUT2D eigenvalue weighted by Gasteiger charge is -2.37. The maximum Gasteiger partial charge on any atom is 0.242 e. The first-order valence-electron chi connectivity index (χ1n) is 18.9. The number of carbonyl (C=O) groups excluding carboxylic acids is 4. The third kappa shape index (κ3) is 17.3. The molecule has 1 aliphatic rings. The molecular weight excluding hydrogens is 662 g/mol. The summed E-state index contributed by atoms with van der Waals surface area (Å²) in [5.41, 5.74) is 0.629. The van der Waals surface area contributed by atoms with Gasteiger partial charge in [-0.05, 0) is 57.8 Å². The van der Waals surface area contributed by atoms with E-state index in [-0.39, 0.29) is 78.8 Å². The van der Waals surface area contributed by atoms with Crippen LogP contribution in [0.4, 0.5) is 0 Å². The van der Waals surface area contributed by atoms with Gasteiger partial charge in [0, 0.05) is 33.7 Å². The normalized spacial score (nSPS) is 19.1. The highest BCUT2D eigenvalue weighted by Crippen LogP contribution is 2.25. The second kappa shape index (κ2) is 28.6. The van der Waals surface area contributed by atoms with E-state index >= 15 is 0 Å². The van der Waals surface area contributed by atoms with Crippen molar-refractivity contribution >= 4 is 24.0 Å². The molecule has 0 aromatic heterocycles. The molecule has 12 heteroatoms. The Morgan fingerprint density at radius 3 is 2.04 bits per heavy atom. The summed E-state index contributed by atoms with van der Waals surface area (Å²) in [6, 6.07) is -0.747. The van der Waals surface area contributed by atoms with Crippen LogP contribution < -0.4 is 16.0 Å². The van der Waals surface area contributed by atoms with Crippen molar-refractivity contribution in [2.45, 2.75) is 130 Å². The molecule has 1 saturated heterocycles. The average Bonchev–Trinajstić information content (AvgIpc) is 3.54. The fourth-order valence-corrected chi connectivity index (χ4v) is 6.38. The number of methoxy groups -OCH3 is 2. The Kier molecular flexibility index (Phi) is 28.1. The van der Waals surface area contributed by atoms with E-state index in [1.807, 2.05) is 34.6 Å². The van der Waals surface area contributed by atoms with Crippen molar-refractivity contribution in [3.05, 3.63) is 37.0 Å². The monoisotopic (exact) mass is 738 g/mol. The molecule has 1 fully saturated rings. The lowest BCUT2D eigenvalue weighted by Crippen LogP contribution is -2.53. The van der Waals surface area contributed by atoms with Crippen LogP contribution in [0.3, 0.4) is 0 Å².